The van der Waals surface area contributed by atoms with Gasteiger partial charge in [-0.25, -0.2) is 0 Å². The number of halogens is 3. The highest BCUT2D eigenvalue weighted by atomic mass is 19.4. The monoisotopic (exact) mass is 308 g/mol. The van der Waals surface area contributed by atoms with E-state index in [0.29, 0.717) is 5.92 Å². The SMILES string of the molecule is OCCCC1CC(NCC(F)(F)F)CN(CC2CCC2)C1. The van der Waals surface area contributed by atoms with Crippen molar-refractivity contribution in [3.63, 3.8) is 0 Å². The summed E-state index contributed by atoms with van der Waals surface area (Å²) < 4.78 is 37.1. The topological polar surface area (TPSA) is 35.5 Å². The number of hydrogen-bond acceptors (Lipinski definition) is 3. The summed E-state index contributed by atoms with van der Waals surface area (Å²) in [5.41, 5.74) is 0. The second-order valence-electron chi connectivity index (χ2n) is 6.68. The lowest BCUT2D eigenvalue weighted by molar-refractivity contribution is -0.127. The summed E-state index contributed by atoms with van der Waals surface area (Å²) in [5, 5.41) is 11.6. The number of aliphatic hydroxyl groups is 1. The lowest BCUT2D eigenvalue weighted by Gasteiger charge is -2.41. The molecule has 3 nitrogen and oxygen atoms in total. The molecule has 2 rings (SSSR count). The van der Waals surface area contributed by atoms with Gasteiger partial charge in [0.1, 0.15) is 0 Å². The van der Waals surface area contributed by atoms with Crippen molar-refractivity contribution < 1.29 is 18.3 Å². The van der Waals surface area contributed by atoms with E-state index in [-0.39, 0.29) is 12.6 Å². The van der Waals surface area contributed by atoms with Crippen LogP contribution in [-0.2, 0) is 0 Å². The minimum Gasteiger partial charge on any atom is -0.396 e. The Morgan fingerprint density at radius 3 is 2.48 bits per heavy atom. The molecule has 2 atom stereocenters. The van der Waals surface area contributed by atoms with Crippen molar-refractivity contribution in [2.24, 2.45) is 11.8 Å². The van der Waals surface area contributed by atoms with Crippen LogP contribution in [0.2, 0.25) is 0 Å². The molecule has 2 fully saturated rings. The number of nitrogens with one attached hydrogen (secondary N) is 1. The fourth-order valence-electron chi connectivity index (χ4n) is 3.49. The lowest BCUT2D eigenvalue weighted by atomic mass is 9.83. The number of likely N-dealkylation sites (tertiary alicyclic amines) is 1. The molecule has 2 N–H and O–H groups in total. The van der Waals surface area contributed by atoms with Gasteiger partial charge >= 0.3 is 6.18 Å². The van der Waals surface area contributed by atoms with Gasteiger partial charge in [-0.15, -0.1) is 0 Å². The molecule has 21 heavy (non-hydrogen) atoms. The van der Waals surface area contributed by atoms with Crippen LogP contribution in [0.1, 0.15) is 38.5 Å². The number of alkyl halides is 3. The summed E-state index contributed by atoms with van der Waals surface area (Å²) >= 11 is 0. The molecule has 0 spiro atoms. The smallest absolute Gasteiger partial charge is 0.396 e. The molecule has 0 radical (unpaired) electrons. The Labute approximate surface area is 124 Å². The molecule has 0 aromatic carbocycles. The number of rotatable bonds is 7. The second kappa shape index (κ2) is 7.79. The first-order valence-corrected chi connectivity index (χ1v) is 8.09. The van der Waals surface area contributed by atoms with Crippen molar-refractivity contribution in [1.82, 2.24) is 10.2 Å². The van der Waals surface area contributed by atoms with Crippen LogP contribution in [0.25, 0.3) is 0 Å². The van der Waals surface area contributed by atoms with Crippen molar-refractivity contribution in [2.45, 2.75) is 50.7 Å². The first-order valence-electron chi connectivity index (χ1n) is 8.09. The van der Waals surface area contributed by atoms with Crippen molar-refractivity contribution in [1.29, 1.82) is 0 Å². The van der Waals surface area contributed by atoms with Crippen LogP contribution in [0.5, 0.6) is 0 Å². The second-order valence-corrected chi connectivity index (χ2v) is 6.68. The van der Waals surface area contributed by atoms with Crippen molar-refractivity contribution in [3.8, 4) is 0 Å². The Balaban J connectivity index is 1.82. The van der Waals surface area contributed by atoms with Crippen LogP contribution in [0.3, 0.4) is 0 Å². The first kappa shape index (κ1) is 17.0. The molecule has 1 aliphatic heterocycles. The zero-order chi connectivity index (χ0) is 15.3. The van der Waals surface area contributed by atoms with Gasteiger partial charge in [0.15, 0.2) is 0 Å². The van der Waals surface area contributed by atoms with E-state index < -0.39 is 12.7 Å². The molecular weight excluding hydrogens is 281 g/mol. The van der Waals surface area contributed by atoms with Crippen LogP contribution in [0.4, 0.5) is 13.2 Å². The predicted octanol–water partition coefficient (Wildman–Crippen LogP) is 2.40. The third-order valence-electron chi connectivity index (χ3n) is 4.72. The normalized spacial score (nSPS) is 28.6. The molecule has 0 bridgehead atoms. The molecule has 2 aliphatic rings. The molecule has 1 aliphatic carbocycles. The fraction of sp³-hybridized carbons (Fsp3) is 1.00. The summed E-state index contributed by atoms with van der Waals surface area (Å²) in [6.07, 6.45) is 2.11. The maximum absolute atomic E-state index is 12.4. The lowest BCUT2D eigenvalue weighted by Crippen LogP contribution is -2.52. The molecule has 1 saturated heterocycles. The zero-order valence-corrected chi connectivity index (χ0v) is 12.5. The summed E-state index contributed by atoms with van der Waals surface area (Å²) in [7, 11) is 0. The Morgan fingerprint density at radius 1 is 1.14 bits per heavy atom. The third kappa shape index (κ3) is 6.12. The Bertz CT molecular complexity index is 308. The molecule has 2 unspecified atom stereocenters. The molecule has 124 valence electrons. The maximum Gasteiger partial charge on any atom is 0.401 e. The van der Waals surface area contributed by atoms with E-state index >= 15 is 0 Å². The van der Waals surface area contributed by atoms with Gasteiger partial charge in [-0.05, 0) is 43.9 Å². The first-order chi connectivity index (χ1) is 9.96. The number of hydrogen-bond donors (Lipinski definition) is 2. The summed E-state index contributed by atoms with van der Waals surface area (Å²) in [6.45, 7) is 1.99. The average molecular weight is 308 g/mol. The van der Waals surface area contributed by atoms with E-state index in [2.05, 4.69) is 10.2 Å². The third-order valence-corrected chi connectivity index (χ3v) is 4.72. The highest BCUT2D eigenvalue weighted by molar-refractivity contribution is 4.86. The van der Waals surface area contributed by atoms with Gasteiger partial charge in [0.2, 0.25) is 0 Å². The number of piperidine rings is 1. The van der Waals surface area contributed by atoms with E-state index in [4.69, 9.17) is 5.11 Å². The average Bonchev–Trinajstić information content (AvgIpc) is 2.37. The van der Waals surface area contributed by atoms with E-state index in [1.165, 1.54) is 19.3 Å². The molecular formula is C15H27F3N2O. The predicted molar refractivity (Wildman–Crippen MR) is 76.1 cm³/mol. The van der Waals surface area contributed by atoms with Crippen LogP contribution < -0.4 is 5.32 Å². The van der Waals surface area contributed by atoms with Gasteiger partial charge in [0.05, 0.1) is 6.54 Å². The number of nitrogens with zero attached hydrogens (tertiary/aromatic N) is 1. The van der Waals surface area contributed by atoms with Crippen molar-refractivity contribution in [2.75, 3.05) is 32.8 Å². The summed E-state index contributed by atoms with van der Waals surface area (Å²) in [6, 6.07) is -0.0795. The van der Waals surface area contributed by atoms with E-state index in [1.807, 2.05) is 0 Å². The van der Waals surface area contributed by atoms with Crippen LogP contribution in [0, 0.1) is 11.8 Å². The van der Waals surface area contributed by atoms with Gasteiger partial charge in [0, 0.05) is 32.3 Å². The fourth-order valence-corrected chi connectivity index (χ4v) is 3.49. The quantitative estimate of drug-likeness (QED) is 0.758. The maximum atomic E-state index is 12.4. The Kier molecular flexibility index (Phi) is 6.32. The number of aliphatic hydroxyl groups excluding tert-OH is 1. The van der Waals surface area contributed by atoms with E-state index in [0.717, 1.165) is 44.8 Å². The molecule has 0 aromatic rings. The molecule has 1 heterocycles. The van der Waals surface area contributed by atoms with Crippen LogP contribution in [0.15, 0.2) is 0 Å². The standard InChI is InChI=1S/C15H27F3N2O/c16-15(17,18)11-19-14-7-13(5-2-6-21)9-20(10-14)8-12-3-1-4-12/h12-14,19,21H,1-11H2. The van der Waals surface area contributed by atoms with Gasteiger partial charge < -0.3 is 15.3 Å². The van der Waals surface area contributed by atoms with Gasteiger partial charge in [-0.3, -0.25) is 0 Å². The van der Waals surface area contributed by atoms with Crippen molar-refractivity contribution in [3.05, 3.63) is 0 Å². The minimum atomic E-state index is -4.14. The van der Waals surface area contributed by atoms with Crippen LogP contribution in [-0.4, -0.2) is 55.0 Å². The highest BCUT2D eigenvalue weighted by Crippen LogP contribution is 2.30. The molecule has 0 amide bonds. The van der Waals surface area contributed by atoms with Crippen LogP contribution >= 0.6 is 0 Å². The molecule has 0 aromatic heterocycles. The van der Waals surface area contributed by atoms with E-state index in [1.54, 1.807) is 0 Å². The molecule has 6 heteroatoms. The van der Waals surface area contributed by atoms with Gasteiger partial charge in [0.25, 0.3) is 0 Å². The summed E-state index contributed by atoms with van der Waals surface area (Å²) in [5.74, 6) is 1.14. The van der Waals surface area contributed by atoms with Crippen molar-refractivity contribution >= 4 is 0 Å². The molecule has 1 saturated carbocycles. The van der Waals surface area contributed by atoms with E-state index in [9.17, 15) is 13.2 Å². The zero-order valence-electron chi connectivity index (χ0n) is 12.5. The largest absolute Gasteiger partial charge is 0.401 e. The Hall–Kier alpha value is -0.330. The Morgan fingerprint density at radius 2 is 1.90 bits per heavy atom. The summed E-state index contributed by atoms with van der Waals surface area (Å²) in [4.78, 5) is 2.34. The highest BCUT2D eigenvalue weighted by Gasteiger charge is 2.33. The van der Waals surface area contributed by atoms with Gasteiger partial charge in [-0.1, -0.05) is 6.42 Å². The van der Waals surface area contributed by atoms with Gasteiger partial charge in [-0.2, -0.15) is 13.2 Å². The minimum absolute atomic E-state index is 0.0795.